The summed E-state index contributed by atoms with van der Waals surface area (Å²) in [7, 11) is 0. The van der Waals surface area contributed by atoms with E-state index in [0.717, 1.165) is 44.7 Å². The van der Waals surface area contributed by atoms with Gasteiger partial charge >= 0.3 is 0 Å². The van der Waals surface area contributed by atoms with Crippen molar-refractivity contribution < 1.29 is 9.59 Å². The summed E-state index contributed by atoms with van der Waals surface area (Å²) in [5, 5.41) is 10.0. The molecule has 0 unspecified atom stereocenters. The predicted molar refractivity (Wildman–Crippen MR) is 128 cm³/mol. The number of Topliss-reactive ketones (excluding diaryl/α,β-unsaturated/α-hetero) is 1. The van der Waals surface area contributed by atoms with Crippen LogP contribution in [0.25, 0.3) is 0 Å². The van der Waals surface area contributed by atoms with Crippen molar-refractivity contribution in [1.82, 2.24) is 10.3 Å². The fourth-order valence-electron chi connectivity index (χ4n) is 4.64. The molecule has 1 amide bonds. The highest BCUT2D eigenvalue weighted by molar-refractivity contribution is 6.13. The summed E-state index contributed by atoms with van der Waals surface area (Å²) in [5.74, 6) is 0.748. The van der Waals surface area contributed by atoms with Gasteiger partial charge in [-0.2, -0.15) is 0 Å². The van der Waals surface area contributed by atoms with Gasteiger partial charge in [-0.25, -0.2) is 4.98 Å². The van der Waals surface area contributed by atoms with Gasteiger partial charge in [-0.1, -0.05) is 31.0 Å². The summed E-state index contributed by atoms with van der Waals surface area (Å²) in [6.07, 6.45) is 4.74. The van der Waals surface area contributed by atoms with Crippen LogP contribution >= 0.6 is 0 Å². The van der Waals surface area contributed by atoms with E-state index in [1.807, 2.05) is 30.3 Å². The molecule has 0 radical (unpaired) electrons. The molecule has 1 saturated carbocycles. The molecule has 1 aromatic heterocycles. The van der Waals surface area contributed by atoms with Crippen molar-refractivity contribution in [2.24, 2.45) is 11.7 Å². The molecular weight excluding hydrogens is 404 g/mol. The summed E-state index contributed by atoms with van der Waals surface area (Å²) in [4.78, 5) is 32.4. The maximum absolute atomic E-state index is 12.9. The van der Waals surface area contributed by atoms with Crippen molar-refractivity contribution in [2.75, 3.05) is 48.3 Å². The van der Waals surface area contributed by atoms with Gasteiger partial charge in [0.05, 0.1) is 11.3 Å². The number of piperazine rings is 1. The predicted octanol–water partition coefficient (Wildman–Crippen LogP) is 3.14. The Morgan fingerprint density at radius 1 is 1.12 bits per heavy atom. The van der Waals surface area contributed by atoms with Gasteiger partial charge in [0.25, 0.3) is 5.91 Å². The summed E-state index contributed by atoms with van der Waals surface area (Å²) < 4.78 is 0. The number of amides is 1. The number of benzene rings is 1. The second-order valence-electron chi connectivity index (χ2n) is 8.59. The molecule has 2 fully saturated rings. The van der Waals surface area contributed by atoms with Gasteiger partial charge in [-0.3, -0.25) is 9.59 Å². The van der Waals surface area contributed by atoms with E-state index in [-0.39, 0.29) is 11.3 Å². The highest BCUT2D eigenvalue weighted by atomic mass is 16.1. The first-order valence-electron chi connectivity index (χ1n) is 11.4. The quantitative estimate of drug-likeness (QED) is 0.470. The summed E-state index contributed by atoms with van der Waals surface area (Å²) in [6, 6.07) is 9.55. The number of carbonyl (C=O) groups is 2. The zero-order chi connectivity index (χ0) is 22.5. The molecule has 2 heterocycles. The molecule has 0 bridgehead atoms. The van der Waals surface area contributed by atoms with Crippen LogP contribution in [0.3, 0.4) is 0 Å². The van der Waals surface area contributed by atoms with Crippen LogP contribution in [0.4, 0.5) is 23.0 Å². The van der Waals surface area contributed by atoms with Crippen molar-refractivity contribution >= 4 is 34.7 Å². The highest BCUT2D eigenvalue weighted by Crippen LogP contribution is 2.36. The molecule has 5 N–H and O–H groups in total. The van der Waals surface area contributed by atoms with Crippen molar-refractivity contribution in [2.45, 2.75) is 32.6 Å². The van der Waals surface area contributed by atoms with E-state index in [9.17, 15) is 9.59 Å². The number of anilines is 4. The first-order valence-corrected chi connectivity index (χ1v) is 11.4. The topological polar surface area (TPSA) is 112 Å². The van der Waals surface area contributed by atoms with Crippen LogP contribution in [-0.2, 0) is 0 Å². The number of para-hydroxylation sites is 1. The zero-order valence-corrected chi connectivity index (χ0v) is 18.6. The summed E-state index contributed by atoms with van der Waals surface area (Å²) in [5.41, 5.74) is 7.83. The molecule has 0 spiro atoms. The Morgan fingerprint density at radius 3 is 2.44 bits per heavy atom. The lowest BCUT2D eigenvalue weighted by atomic mass is 10.0. The van der Waals surface area contributed by atoms with Crippen LogP contribution in [0, 0.1) is 5.92 Å². The Hall–Kier alpha value is -3.13. The average Bonchev–Trinajstić information content (AvgIpc) is 3.31. The van der Waals surface area contributed by atoms with Crippen LogP contribution in [0.1, 0.15) is 53.3 Å². The normalized spacial score (nSPS) is 16.7. The SMILES string of the molecule is CC(=O)c1c(N2CCNCC2)nc(Nc2ccccc2)c(C(N)=O)c1NCC1CCCC1. The van der Waals surface area contributed by atoms with Crippen LogP contribution in [0.5, 0.6) is 0 Å². The van der Waals surface area contributed by atoms with Gasteiger partial charge in [-0.05, 0) is 37.8 Å². The smallest absolute Gasteiger partial charge is 0.254 e. The monoisotopic (exact) mass is 436 g/mol. The Labute approximate surface area is 189 Å². The number of nitrogens with one attached hydrogen (secondary N) is 3. The number of rotatable bonds is 8. The van der Waals surface area contributed by atoms with Gasteiger partial charge in [0.2, 0.25) is 0 Å². The van der Waals surface area contributed by atoms with Gasteiger partial charge in [-0.15, -0.1) is 0 Å². The van der Waals surface area contributed by atoms with Crippen LogP contribution in [0.15, 0.2) is 30.3 Å². The van der Waals surface area contributed by atoms with E-state index in [2.05, 4.69) is 20.9 Å². The molecule has 1 saturated heterocycles. The number of nitrogens with zero attached hydrogens (tertiary/aromatic N) is 2. The zero-order valence-electron chi connectivity index (χ0n) is 18.6. The van der Waals surface area contributed by atoms with Gasteiger partial charge in [0, 0.05) is 38.4 Å². The number of ketones is 1. The number of carbonyl (C=O) groups excluding carboxylic acids is 2. The number of pyridine rings is 1. The number of nitrogens with two attached hydrogens (primary N) is 1. The van der Waals surface area contributed by atoms with Gasteiger partial charge in [0.15, 0.2) is 5.78 Å². The molecule has 8 heteroatoms. The Bertz CT molecular complexity index is 966. The van der Waals surface area contributed by atoms with Crippen molar-refractivity contribution in [3.05, 3.63) is 41.5 Å². The molecule has 1 aliphatic heterocycles. The van der Waals surface area contributed by atoms with Crippen LogP contribution in [0.2, 0.25) is 0 Å². The van der Waals surface area contributed by atoms with Gasteiger partial charge in [0.1, 0.15) is 17.2 Å². The molecule has 32 heavy (non-hydrogen) atoms. The first-order chi connectivity index (χ1) is 15.5. The average molecular weight is 437 g/mol. The second kappa shape index (κ2) is 9.99. The third-order valence-electron chi connectivity index (χ3n) is 6.27. The Kier molecular flexibility index (Phi) is 6.90. The maximum atomic E-state index is 12.9. The van der Waals surface area contributed by atoms with Crippen LogP contribution < -0.4 is 26.6 Å². The fourth-order valence-corrected chi connectivity index (χ4v) is 4.64. The molecule has 2 aromatic rings. The molecule has 2 aliphatic rings. The third kappa shape index (κ3) is 4.85. The van der Waals surface area contributed by atoms with Crippen molar-refractivity contribution in [3.8, 4) is 0 Å². The lowest BCUT2D eigenvalue weighted by Crippen LogP contribution is -2.44. The first kappa shape index (κ1) is 22.1. The van der Waals surface area contributed by atoms with Gasteiger partial charge < -0.3 is 26.6 Å². The number of aromatic nitrogens is 1. The lowest BCUT2D eigenvalue weighted by molar-refractivity contribution is 0.100. The molecule has 4 rings (SSSR count). The Morgan fingerprint density at radius 2 is 1.81 bits per heavy atom. The van der Waals surface area contributed by atoms with E-state index in [4.69, 9.17) is 10.7 Å². The maximum Gasteiger partial charge on any atom is 0.254 e. The van der Waals surface area contributed by atoms with E-state index >= 15 is 0 Å². The second-order valence-corrected chi connectivity index (χ2v) is 8.59. The third-order valence-corrected chi connectivity index (χ3v) is 6.27. The van der Waals surface area contributed by atoms with Crippen molar-refractivity contribution in [3.63, 3.8) is 0 Å². The van der Waals surface area contributed by atoms with Crippen molar-refractivity contribution in [1.29, 1.82) is 0 Å². The van der Waals surface area contributed by atoms with Crippen LogP contribution in [-0.4, -0.2) is 49.4 Å². The highest BCUT2D eigenvalue weighted by Gasteiger charge is 2.29. The minimum atomic E-state index is -0.612. The lowest BCUT2D eigenvalue weighted by Gasteiger charge is -2.32. The Balaban J connectivity index is 1.84. The summed E-state index contributed by atoms with van der Waals surface area (Å²) in [6.45, 7) is 5.31. The van der Waals surface area contributed by atoms with E-state index in [0.29, 0.717) is 35.3 Å². The standard InChI is InChI=1S/C24H32N6O2/c1-16(31)19-21(27-15-17-7-5-6-8-17)20(22(25)32)23(28-18-9-3-2-4-10-18)29-24(19)30-13-11-26-12-14-30/h2-4,9-10,17,26H,5-8,11-15H2,1H3,(H2,25,32)(H2,27,28,29). The molecular formula is C24H32N6O2. The summed E-state index contributed by atoms with van der Waals surface area (Å²) >= 11 is 0. The molecule has 170 valence electrons. The molecule has 8 nitrogen and oxygen atoms in total. The minimum absolute atomic E-state index is 0.131. The van der Waals surface area contributed by atoms with E-state index in [1.54, 1.807) is 0 Å². The van der Waals surface area contributed by atoms with E-state index < -0.39 is 5.91 Å². The molecule has 1 aliphatic carbocycles. The number of hydrogen-bond acceptors (Lipinski definition) is 7. The molecule has 1 aromatic carbocycles. The minimum Gasteiger partial charge on any atom is -0.383 e. The fraction of sp³-hybridized carbons (Fsp3) is 0.458. The number of primary amides is 1. The van der Waals surface area contributed by atoms with E-state index in [1.165, 1.54) is 19.8 Å². The number of hydrogen-bond donors (Lipinski definition) is 4. The molecule has 0 atom stereocenters. The largest absolute Gasteiger partial charge is 0.383 e.